The summed E-state index contributed by atoms with van der Waals surface area (Å²) in [6.45, 7) is 3.16. The maximum atomic E-state index is 10.8. The van der Waals surface area contributed by atoms with Crippen molar-refractivity contribution in [2.24, 2.45) is 0 Å². The second-order valence-electron chi connectivity index (χ2n) is 3.42. The van der Waals surface area contributed by atoms with Crippen molar-refractivity contribution in [3.05, 3.63) is 22.1 Å². The Kier molecular flexibility index (Phi) is 4.62. The van der Waals surface area contributed by atoms with E-state index in [-0.39, 0.29) is 12.4 Å². The van der Waals surface area contributed by atoms with Gasteiger partial charge in [0.05, 0.1) is 0 Å². The molecule has 0 fully saturated rings. The molecule has 0 saturated heterocycles. The molecule has 1 aromatic heterocycles. The Bertz CT molecular complexity index is 432. The van der Waals surface area contributed by atoms with Gasteiger partial charge in [0.15, 0.2) is 5.82 Å². The number of nitro groups is 1. The Hall–Kier alpha value is -1.44. The van der Waals surface area contributed by atoms with Crippen LogP contribution >= 0.6 is 15.9 Å². The van der Waals surface area contributed by atoms with Crippen molar-refractivity contribution >= 4 is 27.7 Å². The summed E-state index contributed by atoms with van der Waals surface area (Å²) in [7, 11) is 0. The van der Waals surface area contributed by atoms with E-state index in [0.29, 0.717) is 11.2 Å². The normalized spacial score (nSPS) is 12.2. The quantitative estimate of drug-likeness (QED) is 0.355. The minimum Gasteiger partial charge on any atom is -0.457 e. The molecule has 0 N–H and O–H groups in total. The van der Waals surface area contributed by atoms with Gasteiger partial charge in [-0.15, -0.1) is 0 Å². The van der Waals surface area contributed by atoms with Crippen LogP contribution in [-0.4, -0.2) is 31.9 Å². The van der Waals surface area contributed by atoms with E-state index in [1.165, 1.54) is 17.7 Å². The zero-order valence-electron chi connectivity index (χ0n) is 9.42. The fourth-order valence-electron chi connectivity index (χ4n) is 1.38. The van der Waals surface area contributed by atoms with Crippen LogP contribution in [0.3, 0.4) is 0 Å². The third-order valence-corrected chi connectivity index (χ3v) is 2.83. The highest BCUT2D eigenvalue weighted by Gasteiger charge is 2.22. The Morgan fingerprint density at radius 1 is 1.76 bits per heavy atom. The predicted molar refractivity (Wildman–Crippen MR) is 63.0 cm³/mol. The standard InChI is InChI=1S/C9H12BrN3O4/c1-6-11-4-9(13(15)16)12(6)5-8(3-10)17-7(2)14/h4,8H,3,5H2,1-2H3. The second-order valence-corrected chi connectivity index (χ2v) is 4.06. The van der Waals surface area contributed by atoms with E-state index in [1.807, 2.05) is 0 Å². The number of hydrogen-bond acceptors (Lipinski definition) is 5. The fourth-order valence-corrected chi connectivity index (χ4v) is 1.72. The molecule has 0 saturated carbocycles. The van der Waals surface area contributed by atoms with Gasteiger partial charge < -0.3 is 14.9 Å². The van der Waals surface area contributed by atoms with Crippen molar-refractivity contribution in [1.29, 1.82) is 0 Å². The van der Waals surface area contributed by atoms with Crippen molar-refractivity contribution in [1.82, 2.24) is 9.55 Å². The summed E-state index contributed by atoms with van der Waals surface area (Å²) in [6, 6.07) is 0. The molecular formula is C9H12BrN3O4. The van der Waals surface area contributed by atoms with Crippen molar-refractivity contribution in [3.8, 4) is 0 Å². The Balaban J connectivity index is 2.88. The number of halogens is 1. The van der Waals surface area contributed by atoms with Gasteiger partial charge in [-0.2, -0.15) is 0 Å². The van der Waals surface area contributed by atoms with Gasteiger partial charge in [0.25, 0.3) is 0 Å². The van der Waals surface area contributed by atoms with E-state index < -0.39 is 17.0 Å². The van der Waals surface area contributed by atoms with Crippen LogP contribution in [0.4, 0.5) is 5.82 Å². The van der Waals surface area contributed by atoms with E-state index >= 15 is 0 Å². The molecule has 1 heterocycles. The summed E-state index contributed by atoms with van der Waals surface area (Å²) in [5.74, 6) is -0.0229. The van der Waals surface area contributed by atoms with Crippen LogP contribution in [0.15, 0.2) is 6.20 Å². The van der Waals surface area contributed by atoms with Crippen molar-refractivity contribution in [2.75, 3.05) is 5.33 Å². The minimum atomic E-state index is -0.515. The first kappa shape index (κ1) is 13.6. The molecule has 0 aliphatic rings. The van der Waals surface area contributed by atoms with Crippen LogP contribution in [0.5, 0.6) is 0 Å². The predicted octanol–water partition coefficient (Wildman–Crippen LogP) is 1.43. The Morgan fingerprint density at radius 3 is 2.88 bits per heavy atom. The molecule has 0 aliphatic heterocycles. The van der Waals surface area contributed by atoms with Gasteiger partial charge in [-0.25, -0.2) is 9.55 Å². The second kappa shape index (κ2) is 5.76. The minimum absolute atomic E-state index is 0.111. The summed E-state index contributed by atoms with van der Waals surface area (Å²) in [6.07, 6.45) is 0.730. The number of rotatable bonds is 5. The zero-order chi connectivity index (χ0) is 13.0. The molecule has 7 nitrogen and oxygen atoms in total. The van der Waals surface area contributed by atoms with Crippen LogP contribution in [-0.2, 0) is 16.1 Å². The summed E-state index contributed by atoms with van der Waals surface area (Å²) < 4.78 is 6.42. The molecule has 8 heteroatoms. The van der Waals surface area contributed by atoms with Gasteiger partial charge in [0.1, 0.15) is 18.8 Å². The number of alkyl halides is 1. The Labute approximate surface area is 106 Å². The number of hydrogen-bond donors (Lipinski definition) is 0. The summed E-state index contributed by atoms with van der Waals surface area (Å²) in [4.78, 5) is 25.0. The third kappa shape index (κ3) is 3.52. The molecule has 1 unspecified atom stereocenters. The highest BCUT2D eigenvalue weighted by molar-refractivity contribution is 9.09. The number of carbonyl (C=O) groups excluding carboxylic acids is 1. The number of esters is 1. The summed E-state index contributed by atoms with van der Waals surface area (Å²) in [5, 5.41) is 11.2. The third-order valence-electron chi connectivity index (χ3n) is 2.11. The lowest BCUT2D eigenvalue weighted by Gasteiger charge is -2.13. The van der Waals surface area contributed by atoms with Crippen molar-refractivity contribution < 1.29 is 14.5 Å². The van der Waals surface area contributed by atoms with Gasteiger partial charge >= 0.3 is 11.8 Å². The molecule has 0 radical (unpaired) electrons. The number of carbonyl (C=O) groups is 1. The van der Waals surface area contributed by atoms with Crippen LogP contribution in [0, 0.1) is 17.0 Å². The number of imidazole rings is 1. The molecule has 0 aromatic carbocycles. The van der Waals surface area contributed by atoms with Crippen LogP contribution in [0.25, 0.3) is 0 Å². The highest BCUT2D eigenvalue weighted by Crippen LogP contribution is 2.15. The fraction of sp³-hybridized carbons (Fsp3) is 0.556. The zero-order valence-corrected chi connectivity index (χ0v) is 11.0. The maximum Gasteiger partial charge on any atom is 0.342 e. The van der Waals surface area contributed by atoms with Gasteiger partial charge in [0.2, 0.25) is 0 Å². The first-order valence-corrected chi connectivity index (χ1v) is 5.97. The molecule has 17 heavy (non-hydrogen) atoms. The van der Waals surface area contributed by atoms with Gasteiger partial charge in [-0.1, -0.05) is 15.9 Å². The van der Waals surface area contributed by atoms with Gasteiger partial charge in [-0.05, 0) is 4.92 Å². The van der Waals surface area contributed by atoms with E-state index in [1.54, 1.807) is 6.92 Å². The number of aromatic nitrogens is 2. The smallest absolute Gasteiger partial charge is 0.342 e. The maximum absolute atomic E-state index is 10.8. The van der Waals surface area contributed by atoms with E-state index in [9.17, 15) is 14.9 Å². The lowest BCUT2D eigenvalue weighted by atomic mass is 10.4. The molecule has 0 aliphatic carbocycles. The first-order chi connectivity index (χ1) is 7.95. The molecule has 1 rings (SSSR count). The average Bonchev–Trinajstić information content (AvgIpc) is 2.59. The number of nitrogens with zero attached hydrogens (tertiary/aromatic N) is 3. The molecule has 94 valence electrons. The van der Waals surface area contributed by atoms with Gasteiger partial charge in [0, 0.05) is 19.2 Å². The van der Waals surface area contributed by atoms with Crippen LogP contribution in [0.1, 0.15) is 12.7 Å². The van der Waals surface area contributed by atoms with Crippen molar-refractivity contribution in [3.63, 3.8) is 0 Å². The largest absolute Gasteiger partial charge is 0.457 e. The van der Waals surface area contributed by atoms with E-state index in [2.05, 4.69) is 20.9 Å². The molecule has 1 aromatic rings. The van der Waals surface area contributed by atoms with Crippen LogP contribution < -0.4 is 0 Å². The van der Waals surface area contributed by atoms with E-state index in [4.69, 9.17) is 4.74 Å². The first-order valence-electron chi connectivity index (χ1n) is 4.85. The SMILES string of the molecule is CC(=O)OC(CBr)Cn1c([N+](=O)[O-])cnc1C. The highest BCUT2D eigenvalue weighted by atomic mass is 79.9. The molecule has 1 atom stereocenters. The van der Waals surface area contributed by atoms with Crippen LogP contribution in [0.2, 0.25) is 0 Å². The van der Waals surface area contributed by atoms with Gasteiger partial charge in [-0.3, -0.25) is 4.79 Å². The van der Waals surface area contributed by atoms with E-state index in [0.717, 1.165) is 0 Å². The Morgan fingerprint density at radius 2 is 2.41 bits per heavy atom. The molecule has 0 spiro atoms. The molecular weight excluding hydrogens is 294 g/mol. The lowest BCUT2D eigenvalue weighted by molar-refractivity contribution is -0.392. The molecule has 0 amide bonds. The average molecular weight is 306 g/mol. The molecule has 0 bridgehead atoms. The summed E-state index contributed by atoms with van der Waals surface area (Å²) >= 11 is 3.20. The lowest BCUT2D eigenvalue weighted by Crippen LogP contribution is -2.25. The number of aryl methyl sites for hydroxylation is 1. The monoisotopic (exact) mass is 305 g/mol. The topological polar surface area (TPSA) is 87.3 Å². The number of ether oxygens (including phenoxy) is 1. The van der Waals surface area contributed by atoms with Crippen molar-refractivity contribution in [2.45, 2.75) is 26.5 Å². The summed E-state index contributed by atoms with van der Waals surface area (Å²) in [5.41, 5.74) is 0.